The lowest BCUT2D eigenvalue weighted by Crippen LogP contribution is -1.89. The Morgan fingerprint density at radius 2 is 0.750 bits per heavy atom. The number of aromatic hydroxyl groups is 1. The van der Waals surface area contributed by atoms with Gasteiger partial charge in [-0.3, -0.25) is 0 Å². The maximum absolute atomic E-state index is 11.1. The fraction of sp³-hybridized carbons (Fsp3) is 0.111. The molecule has 4 aromatic rings. The van der Waals surface area contributed by atoms with Gasteiger partial charge in [-0.05, 0) is 55.2 Å². The monoisotopic (exact) mass is 364 g/mol. The third-order valence-electron chi connectivity index (χ3n) is 5.22. The molecule has 0 saturated heterocycles. The Balaban J connectivity index is 1.95. The Labute approximate surface area is 166 Å². The molecule has 0 spiro atoms. The van der Waals surface area contributed by atoms with E-state index in [-0.39, 0.29) is 0 Å². The van der Waals surface area contributed by atoms with Crippen molar-refractivity contribution in [3.8, 4) is 39.1 Å². The van der Waals surface area contributed by atoms with Crippen LogP contribution in [0.5, 0.6) is 5.75 Å². The molecule has 0 amide bonds. The van der Waals surface area contributed by atoms with Crippen LogP contribution in [0.4, 0.5) is 0 Å². The second kappa shape index (κ2) is 7.36. The number of phenolic OH excluding ortho intramolecular Hbond substituents is 1. The van der Waals surface area contributed by atoms with Crippen molar-refractivity contribution in [2.24, 2.45) is 0 Å². The summed E-state index contributed by atoms with van der Waals surface area (Å²) in [6.45, 7) is 6.24. The number of aryl methyl sites for hydroxylation is 3. The van der Waals surface area contributed by atoms with Crippen LogP contribution in [-0.4, -0.2) is 5.11 Å². The number of hydrogen-bond acceptors (Lipinski definition) is 1. The molecule has 138 valence electrons. The molecule has 0 fully saturated rings. The van der Waals surface area contributed by atoms with Gasteiger partial charge in [0, 0.05) is 11.1 Å². The summed E-state index contributed by atoms with van der Waals surface area (Å²) in [5.41, 5.74) is 9.64. The molecule has 28 heavy (non-hydrogen) atoms. The summed E-state index contributed by atoms with van der Waals surface area (Å²) in [7, 11) is 0. The SMILES string of the molecule is Cc1ccc(-c2cc(-c3ccc(C)cc3)c(O)c(-c3ccc(C)cc3)c2)cc1. The molecule has 4 rings (SSSR count). The lowest BCUT2D eigenvalue weighted by Gasteiger charge is -2.15. The number of hydrogen-bond donors (Lipinski definition) is 1. The van der Waals surface area contributed by atoms with Crippen LogP contribution in [0.25, 0.3) is 33.4 Å². The summed E-state index contributed by atoms with van der Waals surface area (Å²) in [4.78, 5) is 0. The summed E-state index contributed by atoms with van der Waals surface area (Å²) in [6, 6.07) is 29.3. The van der Waals surface area contributed by atoms with Gasteiger partial charge in [0.1, 0.15) is 5.75 Å². The second-order valence-electron chi connectivity index (χ2n) is 7.52. The van der Waals surface area contributed by atoms with Crippen molar-refractivity contribution < 1.29 is 5.11 Å². The van der Waals surface area contributed by atoms with Gasteiger partial charge in [-0.1, -0.05) is 89.5 Å². The smallest absolute Gasteiger partial charge is 0.131 e. The predicted molar refractivity (Wildman–Crippen MR) is 119 cm³/mol. The van der Waals surface area contributed by atoms with Gasteiger partial charge in [0.25, 0.3) is 0 Å². The first-order valence-corrected chi connectivity index (χ1v) is 9.59. The van der Waals surface area contributed by atoms with Gasteiger partial charge in [0.15, 0.2) is 0 Å². The summed E-state index contributed by atoms with van der Waals surface area (Å²) < 4.78 is 0. The molecule has 0 aliphatic carbocycles. The lowest BCUT2D eigenvalue weighted by atomic mass is 9.91. The van der Waals surface area contributed by atoms with E-state index in [4.69, 9.17) is 0 Å². The van der Waals surface area contributed by atoms with Crippen LogP contribution in [-0.2, 0) is 0 Å². The average molecular weight is 364 g/mol. The summed E-state index contributed by atoms with van der Waals surface area (Å²) in [6.07, 6.45) is 0. The molecule has 0 atom stereocenters. The molecule has 4 aromatic carbocycles. The van der Waals surface area contributed by atoms with Gasteiger partial charge in [-0.25, -0.2) is 0 Å². The molecule has 0 unspecified atom stereocenters. The first-order valence-electron chi connectivity index (χ1n) is 9.59. The quantitative estimate of drug-likeness (QED) is 0.404. The van der Waals surface area contributed by atoms with E-state index >= 15 is 0 Å². The van der Waals surface area contributed by atoms with Crippen molar-refractivity contribution in [2.45, 2.75) is 20.8 Å². The molecule has 1 N–H and O–H groups in total. The molecule has 0 saturated carbocycles. The van der Waals surface area contributed by atoms with Crippen LogP contribution in [0.15, 0.2) is 84.9 Å². The third-order valence-corrected chi connectivity index (χ3v) is 5.22. The summed E-state index contributed by atoms with van der Waals surface area (Å²) >= 11 is 0. The Hall–Kier alpha value is -3.32. The van der Waals surface area contributed by atoms with Crippen molar-refractivity contribution in [2.75, 3.05) is 0 Å². The van der Waals surface area contributed by atoms with Gasteiger partial charge in [-0.2, -0.15) is 0 Å². The molecular formula is C27H24O. The van der Waals surface area contributed by atoms with E-state index in [1.807, 2.05) is 0 Å². The molecule has 0 bridgehead atoms. The molecule has 1 heteroatoms. The summed E-state index contributed by atoms with van der Waals surface area (Å²) in [5.74, 6) is 0.323. The van der Waals surface area contributed by atoms with E-state index in [2.05, 4.69) is 106 Å². The van der Waals surface area contributed by atoms with E-state index in [0.717, 1.165) is 33.4 Å². The van der Waals surface area contributed by atoms with Gasteiger partial charge in [0.2, 0.25) is 0 Å². The number of rotatable bonds is 3. The topological polar surface area (TPSA) is 20.2 Å². The van der Waals surface area contributed by atoms with Gasteiger partial charge in [0.05, 0.1) is 0 Å². The van der Waals surface area contributed by atoms with E-state index in [1.165, 1.54) is 16.7 Å². The highest BCUT2D eigenvalue weighted by Crippen LogP contribution is 2.42. The number of benzene rings is 4. The van der Waals surface area contributed by atoms with Crippen LogP contribution in [0.2, 0.25) is 0 Å². The minimum Gasteiger partial charge on any atom is -0.507 e. The molecule has 0 aliphatic rings. The van der Waals surface area contributed by atoms with Crippen LogP contribution >= 0.6 is 0 Å². The number of phenols is 1. The van der Waals surface area contributed by atoms with Crippen LogP contribution in [0, 0.1) is 20.8 Å². The van der Waals surface area contributed by atoms with Crippen molar-refractivity contribution >= 4 is 0 Å². The van der Waals surface area contributed by atoms with Gasteiger partial charge in [-0.15, -0.1) is 0 Å². The Morgan fingerprint density at radius 1 is 0.429 bits per heavy atom. The van der Waals surface area contributed by atoms with E-state index in [0.29, 0.717) is 5.75 Å². The first-order chi connectivity index (χ1) is 13.5. The minimum atomic E-state index is 0.323. The molecule has 0 heterocycles. The molecule has 1 nitrogen and oxygen atoms in total. The van der Waals surface area contributed by atoms with Crippen molar-refractivity contribution in [1.82, 2.24) is 0 Å². The largest absolute Gasteiger partial charge is 0.507 e. The zero-order valence-corrected chi connectivity index (χ0v) is 16.5. The lowest BCUT2D eigenvalue weighted by molar-refractivity contribution is 0.479. The molecule has 0 radical (unpaired) electrons. The maximum atomic E-state index is 11.1. The zero-order valence-electron chi connectivity index (χ0n) is 16.5. The van der Waals surface area contributed by atoms with Crippen LogP contribution < -0.4 is 0 Å². The Kier molecular flexibility index (Phi) is 4.75. The third kappa shape index (κ3) is 3.57. The van der Waals surface area contributed by atoms with Crippen LogP contribution in [0.1, 0.15) is 16.7 Å². The molecular weight excluding hydrogens is 340 g/mol. The molecule has 0 aromatic heterocycles. The normalized spacial score (nSPS) is 10.8. The van der Waals surface area contributed by atoms with Crippen molar-refractivity contribution in [3.63, 3.8) is 0 Å². The van der Waals surface area contributed by atoms with Crippen molar-refractivity contribution in [3.05, 3.63) is 102 Å². The highest BCUT2D eigenvalue weighted by Gasteiger charge is 2.14. The molecule has 0 aliphatic heterocycles. The average Bonchev–Trinajstić information content (AvgIpc) is 2.70. The zero-order chi connectivity index (χ0) is 19.7. The Morgan fingerprint density at radius 3 is 1.11 bits per heavy atom. The maximum Gasteiger partial charge on any atom is 0.131 e. The Bertz CT molecular complexity index is 1040. The fourth-order valence-corrected chi connectivity index (χ4v) is 3.45. The standard InChI is InChI=1S/C27H24O/c1-18-4-10-21(11-5-18)24-16-25(22-12-6-19(2)7-13-22)27(28)26(17-24)23-14-8-20(3)9-15-23/h4-17,28H,1-3H3. The summed E-state index contributed by atoms with van der Waals surface area (Å²) in [5, 5.41) is 11.1. The van der Waals surface area contributed by atoms with E-state index in [1.54, 1.807) is 0 Å². The fourth-order valence-electron chi connectivity index (χ4n) is 3.45. The minimum absolute atomic E-state index is 0.323. The van der Waals surface area contributed by atoms with Crippen LogP contribution in [0.3, 0.4) is 0 Å². The second-order valence-corrected chi connectivity index (χ2v) is 7.52. The van der Waals surface area contributed by atoms with Gasteiger partial charge < -0.3 is 5.11 Å². The first kappa shape index (κ1) is 18.1. The van der Waals surface area contributed by atoms with E-state index < -0.39 is 0 Å². The van der Waals surface area contributed by atoms with E-state index in [9.17, 15) is 5.11 Å². The van der Waals surface area contributed by atoms with Gasteiger partial charge >= 0.3 is 0 Å². The highest BCUT2D eigenvalue weighted by atomic mass is 16.3. The predicted octanol–water partition coefficient (Wildman–Crippen LogP) is 7.32. The van der Waals surface area contributed by atoms with Crippen molar-refractivity contribution in [1.29, 1.82) is 0 Å². The highest BCUT2D eigenvalue weighted by molar-refractivity contribution is 5.87.